The first-order chi connectivity index (χ1) is 8.61. The van der Waals surface area contributed by atoms with Crippen molar-refractivity contribution in [3.05, 3.63) is 0 Å². The molecule has 9 nitrogen and oxygen atoms in total. The van der Waals surface area contributed by atoms with Crippen LogP contribution in [0.25, 0.3) is 0 Å². The maximum Gasteiger partial charge on any atom is 0.331 e. The molecule has 0 aromatic heterocycles. The van der Waals surface area contributed by atoms with Crippen molar-refractivity contribution in [3.63, 3.8) is 0 Å². The van der Waals surface area contributed by atoms with Crippen LogP contribution in [-0.4, -0.2) is 50.6 Å². The second-order valence-corrected chi connectivity index (χ2v) is 4.07. The Bertz CT molecular complexity index is 395. The van der Waals surface area contributed by atoms with E-state index in [0.29, 0.717) is 0 Å². The third kappa shape index (κ3) is 5.02. The molecule has 0 aliphatic rings. The molecule has 19 heavy (non-hydrogen) atoms. The van der Waals surface area contributed by atoms with Gasteiger partial charge in [-0.15, -0.1) is 0 Å². The highest BCUT2D eigenvalue weighted by atomic mass is 16.4. The van der Waals surface area contributed by atoms with Crippen molar-refractivity contribution in [2.24, 2.45) is 11.5 Å². The van der Waals surface area contributed by atoms with Crippen LogP contribution in [-0.2, 0) is 19.2 Å². The minimum atomic E-state index is -2.42. The Hall–Kier alpha value is -2.00. The standard InChI is InChI=1S/C10H16N2O7/c11-5(1-2-6(13)14)8(17)10(12,9(18)19)4-3-7(15)16/h5H,1-4,11-12H2,(H,13,14)(H,15,16)(H,18,19). The van der Waals surface area contributed by atoms with Gasteiger partial charge in [-0.05, 0) is 12.8 Å². The molecule has 2 unspecified atom stereocenters. The van der Waals surface area contributed by atoms with Crippen molar-refractivity contribution in [1.29, 1.82) is 0 Å². The van der Waals surface area contributed by atoms with Crippen LogP contribution in [0.4, 0.5) is 0 Å². The van der Waals surface area contributed by atoms with Gasteiger partial charge in [-0.2, -0.15) is 0 Å². The number of aliphatic carboxylic acids is 3. The van der Waals surface area contributed by atoms with Gasteiger partial charge in [0.15, 0.2) is 11.3 Å². The molecule has 0 saturated carbocycles. The fraction of sp³-hybridized carbons (Fsp3) is 0.600. The third-order valence-corrected chi connectivity index (χ3v) is 2.56. The Morgan fingerprint density at radius 3 is 1.84 bits per heavy atom. The molecule has 0 bridgehead atoms. The van der Waals surface area contributed by atoms with Gasteiger partial charge in [-0.25, -0.2) is 4.79 Å². The normalized spacial score (nSPS) is 15.3. The summed E-state index contributed by atoms with van der Waals surface area (Å²) < 4.78 is 0. The summed E-state index contributed by atoms with van der Waals surface area (Å²) in [5.41, 5.74) is 8.37. The molecule has 0 aliphatic carbocycles. The lowest BCUT2D eigenvalue weighted by Gasteiger charge is -2.25. The summed E-state index contributed by atoms with van der Waals surface area (Å²) in [6.45, 7) is 0. The van der Waals surface area contributed by atoms with E-state index in [1.807, 2.05) is 0 Å². The van der Waals surface area contributed by atoms with Crippen LogP contribution in [0, 0.1) is 0 Å². The molecule has 7 N–H and O–H groups in total. The topological polar surface area (TPSA) is 181 Å². The van der Waals surface area contributed by atoms with Crippen molar-refractivity contribution in [2.75, 3.05) is 0 Å². The zero-order valence-electron chi connectivity index (χ0n) is 10.0. The molecule has 0 rings (SSSR count). The van der Waals surface area contributed by atoms with Gasteiger partial charge in [0.1, 0.15) is 0 Å². The molecule has 0 fully saturated rings. The summed E-state index contributed by atoms with van der Waals surface area (Å²) in [7, 11) is 0. The number of hydrogen-bond donors (Lipinski definition) is 5. The van der Waals surface area contributed by atoms with E-state index >= 15 is 0 Å². The van der Waals surface area contributed by atoms with E-state index in [2.05, 4.69) is 0 Å². The van der Waals surface area contributed by atoms with Crippen molar-refractivity contribution in [2.45, 2.75) is 37.3 Å². The van der Waals surface area contributed by atoms with Crippen molar-refractivity contribution in [1.82, 2.24) is 0 Å². The maximum atomic E-state index is 11.8. The highest BCUT2D eigenvalue weighted by Crippen LogP contribution is 2.15. The lowest BCUT2D eigenvalue weighted by molar-refractivity contribution is -0.149. The Balaban J connectivity index is 4.86. The van der Waals surface area contributed by atoms with E-state index in [9.17, 15) is 19.2 Å². The summed E-state index contributed by atoms with van der Waals surface area (Å²) in [5.74, 6) is -5.26. The molecule has 9 heteroatoms. The first-order valence-corrected chi connectivity index (χ1v) is 5.37. The van der Waals surface area contributed by atoms with E-state index in [0.717, 1.165) is 0 Å². The van der Waals surface area contributed by atoms with E-state index in [4.69, 9.17) is 26.8 Å². The Labute approximate surface area is 108 Å². The molecule has 0 aliphatic heterocycles. The smallest absolute Gasteiger partial charge is 0.331 e. The SMILES string of the molecule is NC(CCC(=O)O)C(=O)C(N)(CCC(=O)O)C(=O)O. The van der Waals surface area contributed by atoms with Gasteiger partial charge < -0.3 is 26.8 Å². The largest absolute Gasteiger partial charge is 0.481 e. The first-order valence-electron chi connectivity index (χ1n) is 5.37. The molecular weight excluding hydrogens is 260 g/mol. The fourth-order valence-corrected chi connectivity index (χ4v) is 1.38. The van der Waals surface area contributed by atoms with Gasteiger partial charge in [-0.3, -0.25) is 14.4 Å². The second kappa shape index (κ2) is 6.81. The predicted molar refractivity (Wildman–Crippen MR) is 61.3 cm³/mol. The van der Waals surface area contributed by atoms with Crippen LogP contribution in [0.3, 0.4) is 0 Å². The van der Waals surface area contributed by atoms with E-state index < -0.39 is 54.5 Å². The van der Waals surface area contributed by atoms with E-state index in [1.165, 1.54) is 0 Å². The molecular formula is C10H16N2O7. The summed E-state index contributed by atoms with van der Waals surface area (Å²) in [6.07, 6.45) is -1.91. The van der Waals surface area contributed by atoms with Crippen LogP contribution in [0.1, 0.15) is 25.7 Å². The number of nitrogens with two attached hydrogens (primary N) is 2. The number of ketones is 1. The minimum Gasteiger partial charge on any atom is -0.481 e. The number of hydrogen-bond acceptors (Lipinski definition) is 6. The highest BCUT2D eigenvalue weighted by Gasteiger charge is 2.44. The Morgan fingerprint density at radius 1 is 1.00 bits per heavy atom. The van der Waals surface area contributed by atoms with Crippen LogP contribution in [0.2, 0.25) is 0 Å². The lowest BCUT2D eigenvalue weighted by Crippen LogP contribution is -2.60. The number of Topliss-reactive ketones (excluding diaryl/α,β-unsaturated/α-hetero) is 1. The van der Waals surface area contributed by atoms with Gasteiger partial charge in [0.2, 0.25) is 0 Å². The number of carbonyl (C=O) groups excluding carboxylic acids is 1. The van der Waals surface area contributed by atoms with Gasteiger partial charge in [0.25, 0.3) is 0 Å². The van der Waals surface area contributed by atoms with Gasteiger partial charge >= 0.3 is 17.9 Å². The lowest BCUT2D eigenvalue weighted by atomic mass is 9.85. The third-order valence-electron chi connectivity index (χ3n) is 2.56. The monoisotopic (exact) mass is 276 g/mol. The summed E-state index contributed by atoms with van der Waals surface area (Å²) in [6, 6.07) is -1.37. The number of rotatable bonds is 9. The molecule has 0 amide bonds. The number of carboxylic acid groups (broad SMARTS) is 3. The van der Waals surface area contributed by atoms with Crippen LogP contribution in [0.5, 0.6) is 0 Å². The highest BCUT2D eigenvalue weighted by molar-refractivity contribution is 6.10. The fourth-order valence-electron chi connectivity index (χ4n) is 1.38. The molecule has 108 valence electrons. The molecule has 0 saturated heterocycles. The van der Waals surface area contributed by atoms with Gasteiger partial charge in [0, 0.05) is 12.8 Å². The molecule has 0 aromatic rings. The van der Waals surface area contributed by atoms with Crippen molar-refractivity contribution in [3.8, 4) is 0 Å². The molecule has 0 radical (unpaired) electrons. The summed E-state index contributed by atoms with van der Waals surface area (Å²) >= 11 is 0. The summed E-state index contributed by atoms with van der Waals surface area (Å²) in [5, 5.41) is 25.9. The Kier molecular flexibility index (Phi) is 6.09. The van der Waals surface area contributed by atoms with Gasteiger partial charge in [-0.1, -0.05) is 0 Å². The van der Waals surface area contributed by atoms with Crippen LogP contribution in [0.15, 0.2) is 0 Å². The Morgan fingerprint density at radius 2 is 1.47 bits per heavy atom. The van der Waals surface area contributed by atoms with Crippen LogP contribution >= 0.6 is 0 Å². The average molecular weight is 276 g/mol. The van der Waals surface area contributed by atoms with Gasteiger partial charge in [0.05, 0.1) is 6.04 Å². The molecule has 2 atom stereocenters. The maximum absolute atomic E-state index is 11.8. The minimum absolute atomic E-state index is 0.270. The zero-order chi connectivity index (χ0) is 15.2. The quantitative estimate of drug-likeness (QED) is 0.309. The van der Waals surface area contributed by atoms with Crippen molar-refractivity contribution < 1.29 is 34.5 Å². The second-order valence-electron chi connectivity index (χ2n) is 4.07. The molecule has 0 aromatic carbocycles. The van der Waals surface area contributed by atoms with Crippen LogP contribution < -0.4 is 11.5 Å². The summed E-state index contributed by atoms with van der Waals surface area (Å²) in [4.78, 5) is 43.6. The zero-order valence-corrected chi connectivity index (χ0v) is 10.0. The average Bonchev–Trinajstić information content (AvgIpc) is 2.31. The number of carboxylic acids is 3. The first kappa shape index (κ1) is 17.0. The van der Waals surface area contributed by atoms with E-state index in [1.54, 1.807) is 0 Å². The number of carbonyl (C=O) groups is 4. The molecule has 0 spiro atoms. The predicted octanol–water partition coefficient (Wildman–Crippen LogP) is -1.61. The van der Waals surface area contributed by atoms with Crippen molar-refractivity contribution >= 4 is 23.7 Å². The molecule has 0 heterocycles. The van der Waals surface area contributed by atoms with E-state index in [-0.39, 0.29) is 6.42 Å².